The van der Waals surface area contributed by atoms with E-state index < -0.39 is 0 Å². The van der Waals surface area contributed by atoms with Crippen LogP contribution < -0.4 is 5.32 Å². The van der Waals surface area contributed by atoms with Crippen molar-refractivity contribution in [1.29, 1.82) is 0 Å². The zero-order valence-corrected chi connectivity index (χ0v) is 11.3. The normalized spacial score (nSPS) is 11.3. The first kappa shape index (κ1) is 12.8. The quantitative estimate of drug-likeness (QED) is 0.843. The highest BCUT2D eigenvalue weighted by Crippen LogP contribution is 2.00. The Morgan fingerprint density at radius 3 is 2.78 bits per heavy atom. The van der Waals surface area contributed by atoms with Gasteiger partial charge in [0.1, 0.15) is 5.82 Å². The minimum atomic E-state index is 0.490. The molecule has 0 saturated carbocycles. The highest BCUT2D eigenvalue weighted by atomic mass is 15.1. The van der Waals surface area contributed by atoms with Gasteiger partial charge < -0.3 is 14.5 Å². The molecule has 0 bridgehead atoms. The summed E-state index contributed by atoms with van der Waals surface area (Å²) in [7, 11) is 0. The van der Waals surface area contributed by atoms with Gasteiger partial charge in [-0.05, 0) is 6.92 Å². The minimum Gasteiger partial charge on any atom is -0.335 e. The summed E-state index contributed by atoms with van der Waals surface area (Å²) in [5.41, 5.74) is 1.09. The number of aryl methyl sites for hydroxylation is 3. The van der Waals surface area contributed by atoms with Crippen LogP contribution >= 0.6 is 0 Å². The van der Waals surface area contributed by atoms with Gasteiger partial charge >= 0.3 is 0 Å². The molecule has 2 aromatic heterocycles. The largest absolute Gasteiger partial charge is 0.335 e. The highest BCUT2D eigenvalue weighted by molar-refractivity contribution is 4.96. The lowest BCUT2D eigenvalue weighted by Gasteiger charge is -2.06. The van der Waals surface area contributed by atoms with Crippen molar-refractivity contribution in [3.8, 4) is 0 Å². The van der Waals surface area contributed by atoms with Gasteiger partial charge in [0.25, 0.3) is 0 Å². The van der Waals surface area contributed by atoms with Crippen molar-refractivity contribution in [2.45, 2.75) is 46.4 Å². The van der Waals surface area contributed by atoms with Crippen molar-refractivity contribution in [1.82, 2.24) is 24.4 Å². The third-order valence-corrected chi connectivity index (χ3v) is 2.90. The molecule has 2 rings (SSSR count). The SMILES string of the molecule is Cc1nccn1CCn1cnc(CNC(C)C)c1. The number of aromatic nitrogens is 4. The van der Waals surface area contributed by atoms with Crippen LogP contribution in [0.4, 0.5) is 0 Å². The van der Waals surface area contributed by atoms with Gasteiger partial charge in [0, 0.05) is 44.3 Å². The Balaban J connectivity index is 1.85. The highest BCUT2D eigenvalue weighted by Gasteiger charge is 2.01. The van der Waals surface area contributed by atoms with Gasteiger partial charge in [0.2, 0.25) is 0 Å². The molecule has 0 atom stereocenters. The van der Waals surface area contributed by atoms with E-state index in [1.807, 2.05) is 25.6 Å². The molecule has 18 heavy (non-hydrogen) atoms. The molecule has 5 heteroatoms. The third-order valence-electron chi connectivity index (χ3n) is 2.90. The van der Waals surface area contributed by atoms with Gasteiger partial charge in [-0.15, -0.1) is 0 Å². The van der Waals surface area contributed by atoms with Crippen molar-refractivity contribution in [2.75, 3.05) is 0 Å². The van der Waals surface area contributed by atoms with E-state index in [1.165, 1.54) is 0 Å². The molecular formula is C13H21N5. The molecule has 0 aromatic carbocycles. The fraction of sp³-hybridized carbons (Fsp3) is 0.538. The van der Waals surface area contributed by atoms with E-state index in [0.29, 0.717) is 6.04 Å². The van der Waals surface area contributed by atoms with Gasteiger partial charge in [-0.3, -0.25) is 0 Å². The van der Waals surface area contributed by atoms with Crippen LogP contribution in [0.15, 0.2) is 24.9 Å². The number of nitrogens with zero attached hydrogens (tertiary/aromatic N) is 4. The molecule has 0 aliphatic carbocycles. The van der Waals surface area contributed by atoms with Crippen LogP contribution in [0.2, 0.25) is 0 Å². The molecular weight excluding hydrogens is 226 g/mol. The molecule has 0 amide bonds. The predicted octanol–water partition coefficient (Wildman–Crippen LogP) is 1.59. The van der Waals surface area contributed by atoms with E-state index in [2.05, 4.69) is 44.5 Å². The summed E-state index contributed by atoms with van der Waals surface area (Å²) in [6.45, 7) is 8.98. The number of rotatable bonds is 6. The van der Waals surface area contributed by atoms with Crippen molar-refractivity contribution in [2.24, 2.45) is 0 Å². The van der Waals surface area contributed by atoms with Gasteiger partial charge in [-0.25, -0.2) is 9.97 Å². The lowest BCUT2D eigenvalue weighted by molar-refractivity contribution is 0.564. The smallest absolute Gasteiger partial charge is 0.105 e. The van der Waals surface area contributed by atoms with Crippen LogP contribution in [-0.2, 0) is 19.6 Å². The molecule has 5 nitrogen and oxygen atoms in total. The van der Waals surface area contributed by atoms with E-state index in [-0.39, 0.29) is 0 Å². The fourth-order valence-corrected chi connectivity index (χ4v) is 1.79. The standard InChI is InChI=1S/C13H21N5/c1-11(2)15-8-13-9-17(10-16-13)6-7-18-5-4-14-12(18)3/h4-5,9-11,15H,6-8H2,1-3H3. The van der Waals surface area contributed by atoms with Gasteiger partial charge in [-0.2, -0.15) is 0 Å². The Hall–Kier alpha value is -1.62. The third kappa shape index (κ3) is 3.43. The molecule has 98 valence electrons. The summed E-state index contributed by atoms with van der Waals surface area (Å²) in [5.74, 6) is 1.05. The Kier molecular flexibility index (Phi) is 4.15. The summed E-state index contributed by atoms with van der Waals surface area (Å²) in [6.07, 6.45) is 7.83. The Bertz CT molecular complexity index is 483. The van der Waals surface area contributed by atoms with E-state index >= 15 is 0 Å². The topological polar surface area (TPSA) is 47.7 Å². The van der Waals surface area contributed by atoms with Gasteiger partial charge in [-0.1, -0.05) is 13.8 Å². The molecule has 2 heterocycles. The second-order valence-corrected chi connectivity index (χ2v) is 4.81. The van der Waals surface area contributed by atoms with Gasteiger partial charge in [0.15, 0.2) is 0 Å². The van der Waals surface area contributed by atoms with Crippen LogP contribution in [0.5, 0.6) is 0 Å². The summed E-state index contributed by atoms with van der Waals surface area (Å²) in [6, 6.07) is 0.490. The van der Waals surface area contributed by atoms with Crippen molar-refractivity contribution >= 4 is 0 Å². The molecule has 0 aliphatic heterocycles. The van der Waals surface area contributed by atoms with Crippen LogP contribution in [0.1, 0.15) is 25.4 Å². The average molecular weight is 247 g/mol. The second-order valence-electron chi connectivity index (χ2n) is 4.81. The number of nitrogens with one attached hydrogen (secondary N) is 1. The summed E-state index contributed by atoms with van der Waals surface area (Å²) in [4.78, 5) is 8.60. The maximum Gasteiger partial charge on any atom is 0.105 e. The second kappa shape index (κ2) is 5.82. The monoisotopic (exact) mass is 247 g/mol. The number of imidazole rings is 2. The van der Waals surface area contributed by atoms with Crippen LogP contribution in [-0.4, -0.2) is 25.1 Å². The first-order valence-electron chi connectivity index (χ1n) is 6.37. The van der Waals surface area contributed by atoms with Crippen LogP contribution in [0.25, 0.3) is 0 Å². The number of hydrogen-bond acceptors (Lipinski definition) is 3. The molecule has 1 N–H and O–H groups in total. The Morgan fingerprint density at radius 2 is 2.11 bits per heavy atom. The summed E-state index contributed by atoms with van der Waals surface area (Å²) < 4.78 is 4.27. The molecule has 0 radical (unpaired) electrons. The van der Waals surface area contributed by atoms with Crippen molar-refractivity contribution in [3.05, 3.63) is 36.4 Å². The minimum absolute atomic E-state index is 0.490. The summed E-state index contributed by atoms with van der Waals surface area (Å²) >= 11 is 0. The Morgan fingerprint density at radius 1 is 1.28 bits per heavy atom. The zero-order valence-electron chi connectivity index (χ0n) is 11.3. The first-order valence-corrected chi connectivity index (χ1v) is 6.37. The summed E-state index contributed by atoms with van der Waals surface area (Å²) in [5, 5.41) is 3.36. The molecule has 0 saturated heterocycles. The van der Waals surface area contributed by atoms with E-state index in [9.17, 15) is 0 Å². The molecule has 0 spiro atoms. The zero-order chi connectivity index (χ0) is 13.0. The fourth-order valence-electron chi connectivity index (χ4n) is 1.79. The van der Waals surface area contributed by atoms with Crippen LogP contribution in [0.3, 0.4) is 0 Å². The van der Waals surface area contributed by atoms with E-state index in [4.69, 9.17) is 0 Å². The Labute approximate surface area is 108 Å². The molecule has 0 aliphatic rings. The maximum absolute atomic E-state index is 4.39. The van der Waals surface area contributed by atoms with Crippen molar-refractivity contribution in [3.63, 3.8) is 0 Å². The van der Waals surface area contributed by atoms with Crippen LogP contribution in [0, 0.1) is 6.92 Å². The van der Waals surface area contributed by atoms with Gasteiger partial charge in [0.05, 0.1) is 12.0 Å². The predicted molar refractivity (Wildman–Crippen MR) is 71.2 cm³/mol. The maximum atomic E-state index is 4.39. The number of hydrogen-bond donors (Lipinski definition) is 1. The van der Waals surface area contributed by atoms with Crippen molar-refractivity contribution < 1.29 is 0 Å². The lowest BCUT2D eigenvalue weighted by atomic mass is 10.3. The average Bonchev–Trinajstić information content (AvgIpc) is 2.93. The lowest BCUT2D eigenvalue weighted by Crippen LogP contribution is -2.21. The van der Waals surface area contributed by atoms with E-state index in [0.717, 1.165) is 31.2 Å². The first-order chi connectivity index (χ1) is 8.65. The van der Waals surface area contributed by atoms with E-state index in [1.54, 1.807) is 0 Å². The molecule has 0 unspecified atom stereocenters. The molecule has 0 fully saturated rings. The molecule has 2 aromatic rings.